The molecule has 4 nitrogen and oxygen atoms in total. The number of aryl methyl sites for hydroxylation is 3. The number of halogens is 2. The monoisotopic (exact) mass is 723 g/mol. The van der Waals surface area contributed by atoms with Crippen LogP contribution < -0.4 is 0 Å². The van der Waals surface area contributed by atoms with Crippen LogP contribution in [0.15, 0.2) is 76.8 Å². The molecule has 0 radical (unpaired) electrons. The Morgan fingerprint density at radius 2 is 1.65 bits per heavy atom. The molecular formula is C36H43Br2N3OS. The summed E-state index contributed by atoms with van der Waals surface area (Å²) in [6.07, 6.45) is 9.02. The van der Waals surface area contributed by atoms with Gasteiger partial charge in [0.25, 0.3) is 0 Å². The molecule has 7 heteroatoms. The molecule has 2 aliphatic heterocycles. The van der Waals surface area contributed by atoms with Crippen LogP contribution in [-0.2, 0) is 23.4 Å². The van der Waals surface area contributed by atoms with E-state index in [-0.39, 0.29) is 5.92 Å². The molecule has 0 N–H and O–H groups in total. The number of fused-ring (bicyclic) bond motifs is 2. The van der Waals surface area contributed by atoms with Crippen LogP contribution in [0.25, 0.3) is 0 Å². The van der Waals surface area contributed by atoms with E-state index in [0.717, 1.165) is 74.9 Å². The Bertz CT molecular complexity index is 1380. The van der Waals surface area contributed by atoms with Crippen molar-refractivity contribution in [2.45, 2.75) is 63.5 Å². The lowest BCUT2D eigenvalue weighted by Crippen LogP contribution is -2.41. The number of nitrogens with zero attached hydrogens (tertiary/aromatic N) is 3. The molecule has 1 aromatic heterocycles. The first-order valence-electron chi connectivity index (χ1n) is 15.6. The highest BCUT2D eigenvalue weighted by atomic mass is 79.9. The van der Waals surface area contributed by atoms with E-state index in [2.05, 4.69) is 110 Å². The van der Waals surface area contributed by atoms with Gasteiger partial charge in [-0.15, -0.1) is 13.2 Å². The topological polar surface area (TPSA) is 36.4 Å². The fraction of sp³-hybridized carbons (Fsp3) is 0.444. The Morgan fingerprint density at radius 3 is 2.37 bits per heavy atom. The van der Waals surface area contributed by atoms with Crippen LogP contribution in [0.4, 0.5) is 0 Å². The average molecular weight is 726 g/mol. The number of likely N-dealkylation sites (tertiary alicyclic amines) is 1. The van der Waals surface area contributed by atoms with Gasteiger partial charge in [0.05, 0.1) is 5.69 Å². The van der Waals surface area contributed by atoms with Crippen molar-refractivity contribution in [1.29, 1.82) is 0 Å². The molecule has 0 spiro atoms. The number of carbonyl (C=O) groups is 1. The molecule has 3 heterocycles. The molecule has 2 fully saturated rings. The third kappa shape index (κ3) is 8.02. The molecule has 0 saturated carbocycles. The third-order valence-corrected chi connectivity index (χ3v) is 11.5. The van der Waals surface area contributed by atoms with Crippen LogP contribution in [0.2, 0.25) is 0 Å². The SMILES string of the molecule is C=C.Cc1cc(Br)c2c(c1)CCc1cc(Br)cnc1C2C1CCN(C(=O)CC2CCN(SCc3ccccc3)CC2)CC1. The van der Waals surface area contributed by atoms with Crippen LogP contribution in [0, 0.1) is 18.8 Å². The Balaban J connectivity index is 0.00000180. The van der Waals surface area contributed by atoms with Crippen LogP contribution in [0.1, 0.15) is 71.5 Å². The summed E-state index contributed by atoms with van der Waals surface area (Å²) in [5.41, 5.74) is 8.14. The van der Waals surface area contributed by atoms with Gasteiger partial charge in [0, 0.05) is 59.4 Å². The van der Waals surface area contributed by atoms with Gasteiger partial charge in [-0.1, -0.05) is 64.3 Å². The molecule has 2 saturated heterocycles. The molecular weight excluding hydrogens is 682 g/mol. The summed E-state index contributed by atoms with van der Waals surface area (Å²) in [5.74, 6) is 2.64. The second-order valence-corrected chi connectivity index (χ2v) is 14.9. The maximum atomic E-state index is 13.4. The number of amides is 1. The maximum absolute atomic E-state index is 13.4. The number of pyridine rings is 1. The predicted molar refractivity (Wildman–Crippen MR) is 187 cm³/mol. The second kappa shape index (κ2) is 15.4. The number of hydrogen-bond donors (Lipinski definition) is 0. The van der Waals surface area contributed by atoms with E-state index in [1.54, 1.807) is 0 Å². The highest BCUT2D eigenvalue weighted by molar-refractivity contribution is 9.10. The fourth-order valence-corrected chi connectivity index (χ4v) is 9.29. The third-order valence-electron chi connectivity index (χ3n) is 9.25. The van der Waals surface area contributed by atoms with Gasteiger partial charge in [-0.05, 0) is 113 Å². The van der Waals surface area contributed by atoms with Gasteiger partial charge >= 0.3 is 0 Å². The molecule has 1 unspecified atom stereocenters. The summed E-state index contributed by atoms with van der Waals surface area (Å²) in [6, 6.07) is 17.6. The molecule has 6 rings (SSSR count). The van der Waals surface area contributed by atoms with Crippen molar-refractivity contribution in [3.05, 3.63) is 110 Å². The zero-order chi connectivity index (χ0) is 30.3. The first-order chi connectivity index (χ1) is 20.9. The van der Waals surface area contributed by atoms with E-state index in [4.69, 9.17) is 4.98 Å². The second-order valence-electron chi connectivity index (χ2n) is 12.0. The molecule has 1 aliphatic carbocycles. The minimum absolute atomic E-state index is 0.264. The van der Waals surface area contributed by atoms with Crippen LogP contribution >= 0.6 is 43.8 Å². The molecule has 43 heavy (non-hydrogen) atoms. The number of aromatic nitrogens is 1. The van der Waals surface area contributed by atoms with Crippen molar-refractivity contribution in [2.75, 3.05) is 26.2 Å². The molecule has 1 atom stereocenters. The minimum Gasteiger partial charge on any atom is -0.343 e. The van der Waals surface area contributed by atoms with E-state index in [9.17, 15) is 4.79 Å². The summed E-state index contributed by atoms with van der Waals surface area (Å²) >= 11 is 9.54. The van der Waals surface area contributed by atoms with Gasteiger partial charge in [0.15, 0.2) is 0 Å². The first-order valence-corrected chi connectivity index (χ1v) is 18.1. The van der Waals surface area contributed by atoms with Gasteiger partial charge < -0.3 is 4.90 Å². The first kappa shape index (κ1) is 32.5. The van der Waals surface area contributed by atoms with Gasteiger partial charge in [0.1, 0.15) is 0 Å². The number of piperidine rings is 2. The molecule has 3 aliphatic rings. The van der Waals surface area contributed by atoms with Crippen molar-refractivity contribution in [1.82, 2.24) is 14.2 Å². The normalized spacial score (nSPS) is 19.5. The van der Waals surface area contributed by atoms with E-state index < -0.39 is 0 Å². The van der Waals surface area contributed by atoms with E-state index in [1.165, 1.54) is 38.0 Å². The average Bonchev–Trinajstić information content (AvgIpc) is 3.19. The Hall–Kier alpha value is -1.93. The van der Waals surface area contributed by atoms with Gasteiger partial charge in [-0.3, -0.25) is 14.1 Å². The van der Waals surface area contributed by atoms with Crippen molar-refractivity contribution < 1.29 is 4.79 Å². The summed E-state index contributed by atoms with van der Waals surface area (Å²) < 4.78 is 4.76. The highest BCUT2D eigenvalue weighted by Gasteiger charge is 2.36. The lowest BCUT2D eigenvalue weighted by molar-refractivity contribution is -0.133. The zero-order valence-electron chi connectivity index (χ0n) is 25.2. The number of carbonyl (C=O) groups excluding carboxylic acids is 1. The van der Waals surface area contributed by atoms with E-state index in [0.29, 0.717) is 24.2 Å². The lowest BCUT2D eigenvalue weighted by Gasteiger charge is -2.38. The fourth-order valence-electron chi connectivity index (χ4n) is 7.06. The van der Waals surface area contributed by atoms with Crippen molar-refractivity contribution in [2.24, 2.45) is 11.8 Å². The number of benzene rings is 2. The zero-order valence-corrected chi connectivity index (χ0v) is 29.2. The van der Waals surface area contributed by atoms with Gasteiger partial charge in [0.2, 0.25) is 5.91 Å². The molecule has 3 aromatic rings. The van der Waals surface area contributed by atoms with Crippen LogP contribution in [0.5, 0.6) is 0 Å². The van der Waals surface area contributed by atoms with E-state index in [1.807, 2.05) is 18.1 Å². The molecule has 0 bridgehead atoms. The maximum Gasteiger partial charge on any atom is 0.222 e. The Morgan fingerprint density at radius 1 is 0.953 bits per heavy atom. The Labute approximate surface area is 279 Å². The van der Waals surface area contributed by atoms with Crippen molar-refractivity contribution >= 4 is 49.7 Å². The largest absolute Gasteiger partial charge is 0.343 e. The molecule has 2 aromatic carbocycles. The summed E-state index contributed by atoms with van der Waals surface area (Å²) in [6.45, 7) is 12.1. The number of hydrogen-bond acceptors (Lipinski definition) is 4. The summed E-state index contributed by atoms with van der Waals surface area (Å²) in [4.78, 5) is 20.6. The standard InChI is InChI=1S/C34H39Br2N3OS.C2H4/c1-23-17-27-7-8-28-20-29(35)21-37-34(28)33(32(27)30(36)18-23)26-11-13-38(14-12-26)31(40)19-24-9-15-39(16-10-24)41-22-25-5-3-2-4-6-25;1-2/h2-6,17-18,20-21,24,26,33H,7-16,19,22H2,1H3;1-2H2. The van der Waals surface area contributed by atoms with Crippen molar-refractivity contribution in [3.8, 4) is 0 Å². The highest BCUT2D eigenvalue weighted by Crippen LogP contribution is 2.46. The predicted octanol–water partition coefficient (Wildman–Crippen LogP) is 9.14. The van der Waals surface area contributed by atoms with Crippen LogP contribution in [0.3, 0.4) is 0 Å². The quantitative estimate of drug-likeness (QED) is 0.188. The van der Waals surface area contributed by atoms with Gasteiger partial charge in [-0.25, -0.2) is 0 Å². The van der Waals surface area contributed by atoms with Crippen LogP contribution in [-0.4, -0.2) is 46.3 Å². The summed E-state index contributed by atoms with van der Waals surface area (Å²) in [7, 11) is 0. The van der Waals surface area contributed by atoms with Crippen molar-refractivity contribution in [3.63, 3.8) is 0 Å². The minimum atomic E-state index is 0.264. The summed E-state index contributed by atoms with van der Waals surface area (Å²) in [5, 5.41) is 0. The lowest BCUT2D eigenvalue weighted by atomic mass is 9.76. The van der Waals surface area contributed by atoms with Gasteiger partial charge in [-0.2, -0.15) is 0 Å². The van der Waals surface area contributed by atoms with E-state index >= 15 is 0 Å². The Kier molecular flexibility index (Phi) is 11.6. The number of rotatable bonds is 6. The smallest absolute Gasteiger partial charge is 0.222 e. The molecule has 228 valence electrons. The molecule has 1 amide bonds.